The summed E-state index contributed by atoms with van der Waals surface area (Å²) in [6.45, 7) is 7.13. The first-order chi connectivity index (χ1) is 8.04. The summed E-state index contributed by atoms with van der Waals surface area (Å²) >= 11 is 0. The van der Waals surface area contributed by atoms with Gasteiger partial charge in [0.05, 0.1) is 5.56 Å². The topological polar surface area (TPSA) is 41.1 Å². The monoisotopic (exact) mass is 238 g/mol. The summed E-state index contributed by atoms with van der Waals surface area (Å²) in [7, 11) is 0. The molecular weight excluding hydrogens is 219 g/mol. The molecule has 0 radical (unpaired) electrons. The molecule has 2 N–H and O–H groups in total. The second-order valence-electron chi connectivity index (χ2n) is 4.15. The van der Waals surface area contributed by atoms with Crippen molar-refractivity contribution in [2.24, 2.45) is 0 Å². The van der Waals surface area contributed by atoms with Crippen molar-refractivity contribution in [2.45, 2.75) is 26.8 Å². The van der Waals surface area contributed by atoms with Crippen molar-refractivity contribution in [3.8, 4) is 0 Å². The van der Waals surface area contributed by atoms with Crippen molar-refractivity contribution >= 4 is 5.91 Å². The molecule has 4 heteroatoms. The number of carbonyl (C=O) groups is 1. The van der Waals surface area contributed by atoms with Gasteiger partial charge in [-0.3, -0.25) is 4.79 Å². The number of carbonyl (C=O) groups excluding carboxylic acids is 1. The van der Waals surface area contributed by atoms with E-state index in [4.69, 9.17) is 0 Å². The molecule has 0 aliphatic carbocycles. The fraction of sp³-hybridized carbons (Fsp3) is 0.462. The van der Waals surface area contributed by atoms with Crippen LogP contribution in [0, 0.1) is 12.7 Å². The SMILES string of the molecule is CCN[C@H](C)CNC(=O)c1cc(C)ccc1F. The summed E-state index contributed by atoms with van der Waals surface area (Å²) in [5.74, 6) is -0.847. The number of nitrogens with one attached hydrogen (secondary N) is 2. The first-order valence-electron chi connectivity index (χ1n) is 5.82. The van der Waals surface area contributed by atoms with E-state index in [1.807, 2.05) is 20.8 Å². The van der Waals surface area contributed by atoms with Crippen LogP contribution in [0.2, 0.25) is 0 Å². The number of halogens is 1. The van der Waals surface area contributed by atoms with Crippen LogP contribution in [0.15, 0.2) is 18.2 Å². The van der Waals surface area contributed by atoms with Gasteiger partial charge in [-0.25, -0.2) is 4.39 Å². The maximum Gasteiger partial charge on any atom is 0.254 e. The molecule has 0 unspecified atom stereocenters. The Morgan fingerprint density at radius 1 is 1.47 bits per heavy atom. The summed E-state index contributed by atoms with van der Waals surface area (Å²) < 4.78 is 13.4. The molecule has 94 valence electrons. The Morgan fingerprint density at radius 3 is 2.82 bits per heavy atom. The first kappa shape index (κ1) is 13.6. The number of likely N-dealkylation sites (N-methyl/N-ethyl adjacent to an activating group) is 1. The van der Waals surface area contributed by atoms with Gasteiger partial charge in [-0.05, 0) is 32.5 Å². The lowest BCUT2D eigenvalue weighted by molar-refractivity contribution is 0.0946. The fourth-order valence-corrected chi connectivity index (χ4v) is 1.57. The third kappa shape index (κ3) is 4.15. The largest absolute Gasteiger partial charge is 0.350 e. The molecule has 0 heterocycles. The highest BCUT2D eigenvalue weighted by molar-refractivity contribution is 5.94. The highest BCUT2D eigenvalue weighted by Gasteiger charge is 2.12. The van der Waals surface area contributed by atoms with Crippen LogP contribution in [0.3, 0.4) is 0 Å². The average Bonchev–Trinajstić information content (AvgIpc) is 2.29. The van der Waals surface area contributed by atoms with Crippen LogP contribution in [-0.4, -0.2) is 25.0 Å². The van der Waals surface area contributed by atoms with Crippen LogP contribution in [0.5, 0.6) is 0 Å². The quantitative estimate of drug-likeness (QED) is 0.822. The molecule has 1 rings (SSSR count). The van der Waals surface area contributed by atoms with Crippen molar-refractivity contribution in [3.05, 3.63) is 35.1 Å². The van der Waals surface area contributed by atoms with Gasteiger partial charge in [0, 0.05) is 12.6 Å². The van der Waals surface area contributed by atoms with Gasteiger partial charge in [0.15, 0.2) is 0 Å². The zero-order chi connectivity index (χ0) is 12.8. The van der Waals surface area contributed by atoms with E-state index < -0.39 is 5.82 Å². The molecule has 0 spiro atoms. The van der Waals surface area contributed by atoms with Crippen molar-refractivity contribution in [3.63, 3.8) is 0 Å². The van der Waals surface area contributed by atoms with Gasteiger partial charge in [-0.1, -0.05) is 18.6 Å². The normalized spacial score (nSPS) is 12.2. The van der Waals surface area contributed by atoms with Gasteiger partial charge in [0.1, 0.15) is 5.82 Å². The predicted molar refractivity (Wildman–Crippen MR) is 66.6 cm³/mol. The summed E-state index contributed by atoms with van der Waals surface area (Å²) in [5.41, 5.74) is 0.977. The highest BCUT2D eigenvalue weighted by atomic mass is 19.1. The Morgan fingerprint density at radius 2 is 2.18 bits per heavy atom. The lowest BCUT2D eigenvalue weighted by Gasteiger charge is -2.13. The lowest BCUT2D eigenvalue weighted by Crippen LogP contribution is -2.39. The van der Waals surface area contributed by atoms with E-state index >= 15 is 0 Å². The molecule has 0 aliphatic rings. The van der Waals surface area contributed by atoms with Crippen LogP contribution in [0.1, 0.15) is 29.8 Å². The number of rotatable bonds is 5. The van der Waals surface area contributed by atoms with E-state index in [2.05, 4.69) is 10.6 Å². The third-order valence-corrected chi connectivity index (χ3v) is 2.49. The first-order valence-corrected chi connectivity index (χ1v) is 5.82. The van der Waals surface area contributed by atoms with E-state index in [1.54, 1.807) is 12.1 Å². The van der Waals surface area contributed by atoms with Crippen LogP contribution < -0.4 is 10.6 Å². The molecule has 0 aromatic heterocycles. The minimum Gasteiger partial charge on any atom is -0.350 e. The zero-order valence-electron chi connectivity index (χ0n) is 10.5. The number of hydrogen-bond acceptors (Lipinski definition) is 2. The van der Waals surface area contributed by atoms with E-state index in [0.717, 1.165) is 12.1 Å². The minimum atomic E-state index is -0.482. The summed E-state index contributed by atoms with van der Waals surface area (Å²) in [4.78, 5) is 11.7. The summed E-state index contributed by atoms with van der Waals surface area (Å²) in [6, 6.07) is 4.70. The van der Waals surface area contributed by atoms with E-state index in [-0.39, 0.29) is 17.5 Å². The van der Waals surface area contributed by atoms with Crippen molar-refractivity contribution in [1.82, 2.24) is 10.6 Å². The van der Waals surface area contributed by atoms with Crippen molar-refractivity contribution < 1.29 is 9.18 Å². The van der Waals surface area contributed by atoms with Crippen LogP contribution in [0.25, 0.3) is 0 Å². The smallest absolute Gasteiger partial charge is 0.254 e. The fourth-order valence-electron chi connectivity index (χ4n) is 1.57. The van der Waals surface area contributed by atoms with Gasteiger partial charge in [-0.2, -0.15) is 0 Å². The molecule has 0 saturated carbocycles. The molecule has 1 atom stereocenters. The van der Waals surface area contributed by atoms with Crippen LogP contribution in [-0.2, 0) is 0 Å². The van der Waals surface area contributed by atoms with E-state index in [0.29, 0.717) is 6.54 Å². The molecule has 0 saturated heterocycles. The van der Waals surface area contributed by atoms with Crippen molar-refractivity contribution in [2.75, 3.05) is 13.1 Å². The van der Waals surface area contributed by atoms with Crippen LogP contribution >= 0.6 is 0 Å². The number of benzene rings is 1. The molecule has 1 amide bonds. The number of hydrogen-bond donors (Lipinski definition) is 2. The van der Waals surface area contributed by atoms with Gasteiger partial charge in [0.25, 0.3) is 5.91 Å². The Bertz CT molecular complexity index is 393. The Balaban J connectivity index is 2.61. The van der Waals surface area contributed by atoms with Gasteiger partial charge in [0.2, 0.25) is 0 Å². The molecule has 1 aromatic carbocycles. The van der Waals surface area contributed by atoms with Crippen LogP contribution in [0.4, 0.5) is 4.39 Å². The second kappa shape index (κ2) is 6.35. The molecule has 0 fully saturated rings. The third-order valence-electron chi connectivity index (χ3n) is 2.49. The van der Waals surface area contributed by atoms with Gasteiger partial charge >= 0.3 is 0 Å². The van der Waals surface area contributed by atoms with Crippen molar-refractivity contribution in [1.29, 1.82) is 0 Å². The maximum atomic E-state index is 13.4. The molecule has 3 nitrogen and oxygen atoms in total. The lowest BCUT2D eigenvalue weighted by atomic mass is 10.1. The summed E-state index contributed by atoms with van der Waals surface area (Å²) in [5, 5.41) is 5.88. The Hall–Kier alpha value is -1.42. The van der Waals surface area contributed by atoms with E-state index in [1.165, 1.54) is 6.07 Å². The minimum absolute atomic E-state index is 0.105. The van der Waals surface area contributed by atoms with Gasteiger partial charge < -0.3 is 10.6 Å². The standard InChI is InChI=1S/C13H19FN2O/c1-4-15-10(3)8-16-13(17)11-7-9(2)5-6-12(11)14/h5-7,10,15H,4,8H2,1-3H3,(H,16,17)/t10-/m1/s1. The summed E-state index contributed by atoms with van der Waals surface area (Å²) in [6.07, 6.45) is 0. The Labute approximate surface area is 101 Å². The Kier molecular flexibility index (Phi) is 5.10. The zero-order valence-corrected chi connectivity index (χ0v) is 10.5. The van der Waals surface area contributed by atoms with E-state index in [9.17, 15) is 9.18 Å². The molecule has 0 bridgehead atoms. The average molecular weight is 238 g/mol. The predicted octanol–water partition coefficient (Wildman–Crippen LogP) is 1.86. The maximum absolute atomic E-state index is 13.4. The number of aryl methyl sites for hydroxylation is 1. The molecule has 17 heavy (non-hydrogen) atoms. The number of amides is 1. The molecule has 0 aliphatic heterocycles. The molecule has 1 aromatic rings. The highest BCUT2D eigenvalue weighted by Crippen LogP contribution is 2.09. The van der Waals surface area contributed by atoms with Gasteiger partial charge in [-0.15, -0.1) is 0 Å². The molecular formula is C13H19FN2O. The second-order valence-corrected chi connectivity index (χ2v) is 4.15.